The van der Waals surface area contributed by atoms with Crippen LogP contribution >= 0.6 is 11.5 Å². The minimum Gasteiger partial charge on any atom is -0.615 e. The van der Waals surface area contributed by atoms with Crippen LogP contribution in [0.5, 0.6) is 0 Å². The third-order valence-electron chi connectivity index (χ3n) is 5.61. The number of nitrogens with zero attached hydrogens (tertiary/aromatic N) is 4. The Morgan fingerprint density at radius 3 is 2.66 bits per heavy atom. The lowest BCUT2D eigenvalue weighted by molar-refractivity contribution is -0.216. The van der Waals surface area contributed by atoms with Crippen LogP contribution in [-0.2, 0) is 44.7 Å². The van der Waals surface area contributed by atoms with Crippen molar-refractivity contribution in [1.82, 2.24) is 19.6 Å². The number of hydrogen-bond donors (Lipinski definition) is 4. The van der Waals surface area contributed by atoms with E-state index in [4.69, 9.17) is 15.3 Å². The molecule has 35 heavy (non-hydrogen) atoms. The second-order valence-electron chi connectivity index (χ2n) is 8.28. The van der Waals surface area contributed by atoms with Crippen LogP contribution < -0.4 is 11.1 Å². The summed E-state index contributed by atoms with van der Waals surface area (Å²) in [4.78, 5) is 70.6. The summed E-state index contributed by atoms with van der Waals surface area (Å²) in [6.45, 7) is 2.33. The number of fused-ring (bicyclic) bond motifs is 3. The summed E-state index contributed by atoms with van der Waals surface area (Å²) in [5, 5.41) is 23.5. The number of rotatable bonds is 7. The molecule has 0 radical (unpaired) electrons. The van der Waals surface area contributed by atoms with Crippen molar-refractivity contribution in [2.24, 2.45) is 11.1 Å². The van der Waals surface area contributed by atoms with Gasteiger partial charge in [0.1, 0.15) is 5.75 Å². The highest BCUT2D eigenvalue weighted by Crippen LogP contribution is 2.48. The number of carboxylic acids is 2. The average Bonchev–Trinajstić information content (AvgIpc) is 3.33. The van der Waals surface area contributed by atoms with Crippen LogP contribution in [0.1, 0.15) is 26.1 Å². The molecule has 18 heteroatoms. The predicted molar refractivity (Wildman–Crippen MR) is 114 cm³/mol. The predicted octanol–water partition coefficient (Wildman–Crippen LogP) is -2.54. The van der Waals surface area contributed by atoms with Gasteiger partial charge in [0.25, 0.3) is 17.5 Å². The van der Waals surface area contributed by atoms with E-state index in [2.05, 4.69) is 19.8 Å². The maximum Gasteiger partial charge on any atom is 0.371 e. The maximum atomic E-state index is 13.0. The average molecular weight is 530 g/mol. The molecule has 0 unspecified atom stereocenters. The molecule has 3 aliphatic heterocycles. The molecule has 1 aromatic heterocycles. The van der Waals surface area contributed by atoms with Crippen molar-refractivity contribution in [2.75, 3.05) is 11.5 Å². The zero-order valence-corrected chi connectivity index (χ0v) is 19.6. The van der Waals surface area contributed by atoms with Gasteiger partial charge in [0.2, 0.25) is 22.5 Å². The zero-order chi connectivity index (χ0) is 25.9. The number of β-lactam (4-membered cyclic amide) rings is 1. The molecule has 2 amide bonds. The number of ether oxygens (including phenoxy) is 1. The van der Waals surface area contributed by atoms with E-state index in [1.807, 2.05) is 0 Å². The molecule has 5 N–H and O–H groups in total. The van der Waals surface area contributed by atoms with Crippen LogP contribution in [-0.4, -0.2) is 93.0 Å². The lowest BCUT2D eigenvalue weighted by Crippen LogP contribution is -2.84. The summed E-state index contributed by atoms with van der Waals surface area (Å²) in [5.74, 6) is -7.49. The molecule has 3 saturated heterocycles. The SMILES string of the molecule is CC(C)(O/N=C(\C(=O)N[C@@H]1C(=O)N2[C@@H]1[S@@+]([O-])C[C@@H]1CC(=O)O[C@@]12C(=O)O)c1nsc(N)n1)C(=O)O. The van der Waals surface area contributed by atoms with Gasteiger partial charge in [0, 0.05) is 11.5 Å². The third kappa shape index (κ3) is 3.82. The van der Waals surface area contributed by atoms with Crippen LogP contribution in [0.15, 0.2) is 5.16 Å². The van der Waals surface area contributed by atoms with Crippen LogP contribution in [0, 0.1) is 5.92 Å². The van der Waals surface area contributed by atoms with E-state index >= 15 is 0 Å². The number of nitrogens with one attached hydrogen (secondary N) is 1. The molecule has 0 spiro atoms. The second-order valence-corrected chi connectivity index (χ2v) is 10.6. The number of hydrogen-bond acceptors (Lipinski definition) is 13. The smallest absolute Gasteiger partial charge is 0.371 e. The molecule has 0 aromatic carbocycles. The number of aliphatic carboxylic acids is 2. The van der Waals surface area contributed by atoms with Crippen molar-refractivity contribution in [3.8, 4) is 0 Å². The Labute approximate surface area is 202 Å². The van der Waals surface area contributed by atoms with Crippen molar-refractivity contribution in [3.05, 3.63) is 5.82 Å². The Hall–Kier alpha value is -3.51. The fraction of sp³-hybridized carbons (Fsp3) is 0.529. The number of carbonyl (C=O) groups is 5. The van der Waals surface area contributed by atoms with Crippen molar-refractivity contribution in [1.29, 1.82) is 0 Å². The van der Waals surface area contributed by atoms with E-state index in [0.717, 1.165) is 0 Å². The molecule has 0 aliphatic carbocycles. The number of carbonyl (C=O) groups excluding carboxylic acids is 3. The molecule has 0 bridgehead atoms. The molecule has 4 rings (SSSR count). The van der Waals surface area contributed by atoms with Gasteiger partial charge in [-0.15, -0.1) is 0 Å². The Morgan fingerprint density at radius 2 is 2.09 bits per heavy atom. The molecular formula is C17H18N6O10S2. The van der Waals surface area contributed by atoms with Gasteiger partial charge in [-0.1, -0.05) is 5.16 Å². The number of aromatic nitrogens is 2. The van der Waals surface area contributed by atoms with Gasteiger partial charge >= 0.3 is 17.9 Å². The van der Waals surface area contributed by atoms with Gasteiger partial charge in [-0.25, -0.2) is 14.5 Å². The van der Waals surface area contributed by atoms with E-state index in [9.17, 15) is 38.7 Å². The van der Waals surface area contributed by atoms with Crippen LogP contribution in [0.25, 0.3) is 0 Å². The Kier molecular flexibility index (Phi) is 5.84. The van der Waals surface area contributed by atoms with Crippen LogP contribution in [0.3, 0.4) is 0 Å². The number of anilines is 1. The highest BCUT2D eigenvalue weighted by molar-refractivity contribution is 7.92. The largest absolute Gasteiger partial charge is 0.615 e. The fourth-order valence-electron chi connectivity index (χ4n) is 3.82. The molecule has 16 nitrogen and oxygen atoms in total. The Balaban J connectivity index is 1.61. The number of amides is 2. The van der Waals surface area contributed by atoms with Gasteiger partial charge in [0.15, 0.2) is 11.2 Å². The van der Waals surface area contributed by atoms with E-state index in [0.29, 0.717) is 16.4 Å². The number of nitrogen functional groups attached to an aromatic ring is 1. The lowest BCUT2D eigenvalue weighted by atomic mass is 9.89. The van der Waals surface area contributed by atoms with E-state index in [1.54, 1.807) is 0 Å². The van der Waals surface area contributed by atoms with Crippen molar-refractivity contribution < 1.29 is 48.3 Å². The summed E-state index contributed by atoms with van der Waals surface area (Å²) in [5.41, 5.74) is 0.749. The lowest BCUT2D eigenvalue weighted by Gasteiger charge is -2.55. The topological polar surface area (TPSA) is 247 Å². The van der Waals surface area contributed by atoms with Gasteiger partial charge in [-0.3, -0.25) is 14.4 Å². The standard InChI is InChI=1S/C17H18N6O10S2/c1-16(2,13(27)28)33-21-7(9-20-15(18)34-22-9)10(25)19-8-11(26)23-12(8)35(31)4-5-3-6(24)32-17(5,23)14(29)30/h5,8,12H,3-4H2,1-2H3,(H,19,25)(H,27,28)(H,29,30)(H2,18,20,22)/b21-7-/t5-,8+,12+,17+,35-/m0/s1. The summed E-state index contributed by atoms with van der Waals surface area (Å²) < 4.78 is 21.7. The minimum atomic E-state index is -2.32. The second kappa shape index (κ2) is 8.31. The van der Waals surface area contributed by atoms with Gasteiger partial charge in [0.05, 0.1) is 12.3 Å². The maximum absolute atomic E-state index is 13.0. The highest BCUT2D eigenvalue weighted by Gasteiger charge is 2.76. The van der Waals surface area contributed by atoms with Crippen molar-refractivity contribution in [2.45, 2.75) is 43.0 Å². The summed E-state index contributed by atoms with van der Waals surface area (Å²) in [6, 6.07) is -1.46. The first-order chi connectivity index (χ1) is 16.3. The number of oxime groups is 1. The molecule has 3 aliphatic rings. The number of esters is 1. The number of nitrogens with two attached hydrogens (primary N) is 1. The van der Waals surface area contributed by atoms with Crippen LogP contribution in [0.4, 0.5) is 5.13 Å². The molecular weight excluding hydrogens is 512 g/mol. The van der Waals surface area contributed by atoms with Crippen LogP contribution in [0.2, 0.25) is 0 Å². The summed E-state index contributed by atoms with van der Waals surface area (Å²) in [6.07, 6.45) is -0.323. The fourth-order valence-corrected chi connectivity index (χ4v) is 6.17. The number of carboxylic acid groups (broad SMARTS) is 2. The van der Waals surface area contributed by atoms with Crippen molar-refractivity contribution in [3.63, 3.8) is 0 Å². The molecule has 4 heterocycles. The molecule has 3 fully saturated rings. The Morgan fingerprint density at radius 1 is 1.40 bits per heavy atom. The van der Waals surface area contributed by atoms with E-state index < -0.39 is 75.3 Å². The Bertz CT molecular complexity index is 1170. The minimum absolute atomic E-state index is 0.0465. The normalized spacial score (nSPS) is 30.0. The highest BCUT2D eigenvalue weighted by atomic mass is 32.2. The molecule has 188 valence electrons. The summed E-state index contributed by atoms with van der Waals surface area (Å²) in [7, 11) is 0. The third-order valence-corrected chi connectivity index (χ3v) is 7.91. The van der Waals surface area contributed by atoms with Gasteiger partial charge < -0.3 is 35.4 Å². The van der Waals surface area contributed by atoms with Crippen molar-refractivity contribution >= 4 is 63.3 Å². The van der Waals surface area contributed by atoms with E-state index in [-0.39, 0.29) is 23.1 Å². The monoisotopic (exact) mass is 530 g/mol. The first-order valence-electron chi connectivity index (χ1n) is 9.85. The zero-order valence-electron chi connectivity index (χ0n) is 18.0. The van der Waals surface area contributed by atoms with Gasteiger partial charge in [-0.2, -0.15) is 9.36 Å². The molecule has 1 aromatic rings. The first-order valence-corrected chi connectivity index (χ1v) is 12.0. The van der Waals surface area contributed by atoms with Gasteiger partial charge in [-0.05, 0) is 25.0 Å². The molecule has 5 atom stereocenters. The summed E-state index contributed by atoms with van der Waals surface area (Å²) >= 11 is -1.14. The quantitative estimate of drug-likeness (QED) is 0.0934. The molecule has 0 saturated carbocycles. The first kappa shape index (κ1) is 24.6. The van der Waals surface area contributed by atoms with E-state index in [1.165, 1.54) is 13.8 Å².